The molecule has 1 aromatic rings. The van der Waals surface area contributed by atoms with Crippen LogP contribution >= 0.6 is 0 Å². The van der Waals surface area contributed by atoms with Crippen LogP contribution in [0.3, 0.4) is 0 Å². The predicted molar refractivity (Wildman–Crippen MR) is 72.7 cm³/mol. The molecule has 0 bridgehead atoms. The first-order chi connectivity index (χ1) is 8.22. The number of rotatable bonds is 2. The van der Waals surface area contributed by atoms with E-state index in [0.717, 1.165) is 12.0 Å². The molecule has 1 aliphatic heterocycles. The van der Waals surface area contributed by atoms with Gasteiger partial charge in [-0.1, -0.05) is 19.9 Å². The molecule has 0 amide bonds. The summed E-state index contributed by atoms with van der Waals surface area (Å²) in [5.74, 6) is 0. The maximum Gasteiger partial charge on any atom is 0.243 e. The normalized spacial score (nSPS) is 20.2. The highest BCUT2D eigenvalue weighted by molar-refractivity contribution is 7.89. The van der Waals surface area contributed by atoms with Crippen LogP contribution in [0.5, 0.6) is 0 Å². The van der Waals surface area contributed by atoms with Crippen molar-refractivity contribution in [3.05, 3.63) is 23.8 Å². The first-order valence-corrected chi connectivity index (χ1v) is 7.53. The Balaban J connectivity index is 2.40. The Morgan fingerprint density at radius 3 is 2.56 bits per heavy atom. The van der Waals surface area contributed by atoms with Gasteiger partial charge in [0.25, 0.3) is 0 Å². The van der Waals surface area contributed by atoms with Crippen LogP contribution < -0.4 is 5.73 Å². The van der Waals surface area contributed by atoms with Crippen molar-refractivity contribution in [2.45, 2.75) is 32.1 Å². The summed E-state index contributed by atoms with van der Waals surface area (Å²) in [6.45, 7) is 7.14. The topological polar surface area (TPSA) is 63.4 Å². The van der Waals surface area contributed by atoms with Crippen molar-refractivity contribution >= 4 is 15.7 Å². The molecule has 1 fully saturated rings. The van der Waals surface area contributed by atoms with Crippen molar-refractivity contribution in [1.29, 1.82) is 0 Å². The predicted octanol–water partition coefficient (Wildman–Crippen LogP) is 2.00. The van der Waals surface area contributed by atoms with Gasteiger partial charge in [-0.15, -0.1) is 0 Å². The van der Waals surface area contributed by atoms with E-state index in [4.69, 9.17) is 5.73 Å². The van der Waals surface area contributed by atoms with E-state index < -0.39 is 10.0 Å². The molecule has 0 unspecified atom stereocenters. The van der Waals surface area contributed by atoms with Gasteiger partial charge in [-0.2, -0.15) is 4.31 Å². The van der Waals surface area contributed by atoms with E-state index in [-0.39, 0.29) is 5.41 Å². The van der Waals surface area contributed by atoms with E-state index in [1.807, 2.05) is 0 Å². The molecular formula is C13H20N2O2S. The van der Waals surface area contributed by atoms with E-state index in [1.165, 1.54) is 0 Å². The van der Waals surface area contributed by atoms with Crippen molar-refractivity contribution in [1.82, 2.24) is 4.31 Å². The highest BCUT2D eigenvalue weighted by atomic mass is 32.2. The Morgan fingerprint density at radius 2 is 2.00 bits per heavy atom. The molecule has 0 radical (unpaired) electrons. The molecule has 0 aliphatic carbocycles. The molecule has 0 aromatic heterocycles. The number of sulfonamides is 1. The first kappa shape index (κ1) is 13.4. The lowest BCUT2D eigenvalue weighted by Crippen LogP contribution is -2.30. The summed E-state index contributed by atoms with van der Waals surface area (Å²) in [6, 6.07) is 5.03. The lowest BCUT2D eigenvalue weighted by molar-refractivity contribution is 0.375. The van der Waals surface area contributed by atoms with Crippen LogP contribution in [0.15, 0.2) is 23.1 Å². The van der Waals surface area contributed by atoms with E-state index in [1.54, 1.807) is 29.4 Å². The summed E-state index contributed by atoms with van der Waals surface area (Å²) in [6.07, 6.45) is 0.896. The van der Waals surface area contributed by atoms with Crippen molar-refractivity contribution < 1.29 is 8.42 Å². The minimum absolute atomic E-state index is 0.0568. The van der Waals surface area contributed by atoms with E-state index in [2.05, 4.69) is 13.8 Å². The van der Waals surface area contributed by atoms with Gasteiger partial charge in [0, 0.05) is 18.8 Å². The number of hydrogen-bond donors (Lipinski definition) is 1. The molecule has 5 heteroatoms. The number of hydrogen-bond acceptors (Lipinski definition) is 3. The molecule has 0 atom stereocenters. The first-order valence-electron chi connectivity index (χ1n) is 6.09. The maximum absolute atomic E-state index is 12.6. The van der Waals surface area contributed by atoms with E-state index in [0.29, 0.717) is 23.7 Å². The van der Waals surface area contributed by atoms with Crippen LogP contribution in [0.4, 0.5) is 5.69 Å². The summed E-state index contributed by atoms with van der Waals surface area (Å²) in [5, 5.41) is 0. The minimum atomic E-state index is -3.41. The number of anilines is 1. The fourth-order valence-electron chi connectivity index (χ4n) is 2.30. The summed E-state index contributed by atoms with van der Waals surface area (Å²) >= 11 is 0. The zero-order chi connectivity index (χ0) is 13.6. The second kappa shape index (κ2) is 4.24. The Hall–Kier alpha value is -1.07. The SMILES string of the molecule is Cc1ccc(N)cc1S(=O)(=O)N1CCC(C)(C)C1. The number of nitrogen functional groups attached to an aromatic ring is 1. The summed E-state index contributed by atoms with van der Waals surface area (Å²) < 4.78 is 26.7. The van der Waals surface area contributed by atoms with Gasteiger partial charge in [0.05, 0.1) is 4.90 Å². The Bertz CT molecular complexity index is 564. The molecule has 2 rings (SSSR count). The summed E-state index contributed by atoms with van der Waals surface area (Å²) in [4.78, 5) is 0.334. The molecule has 18 heavy (non-hydrogen) atoms. The minimum Gasteiger partial charge on any atom is -0.399 e. The lowest BCUT2D eigenvalue weighted by Gasteiger charge is -2.20. The Labute approximate surface area is 109 Å². The highest BCUT2D eigenvalue weighted by Crippen LogP contribution is 2.33. The zero-order valence-electron chi connectivity index (χ0n) is 11.1. The smallest absolute Gasteiger partial charge is 0.243 e. The number of nitrogens with zero attached hydrogens (tertiary/aromatic N) is 1. The monoisotopic (exact) mass is 268 g/mol. The van der Waals surface area contributed by atoms with Crippen LogP contribution in [0.25, 0.3) is 0 Å². The molecule has 0 spiro atoms. The van der Waals surface area contributed by atoms with Crippen LogP contribution in [-0.2, 0) is 10.0 Å². The standard InChI is InChI=1S/C13H20N2O2S/c1-10-4-5-11(14)8-12(10)18(16,17)15-7-6-13(2,3)9-15/h4-5,8H,6-7,9,14H2,1-3H3. The van der Waals surface area contributed by atoms with Gasteiger partial charge in [-0.05, 0) is 36.5 Å². The number of benzene rings is 1. The van der Waals surface area contributed by atoms with Gasteiger partial charge < -0.3 is 5.73 Å². The van der Waals surface area contributed by atoms with Crippen molar-refractivity contribution in [3.63, 3.8) is 0 Å². The average molecular weight is 268 g/mol. The van der Waals surface area contributed by atoms with Crippen molar-refractivity contribution in [2.75, 3.05) is 18.8 Å². The molecule has 1 heterocycles. The van der Waals surface area contributed by atoms with Gasteiger partial charge in [0.2, 0.25) is 10.0 Å². The largest absolute Gasteiger partial charge is 0.399 e. The molecule has 1 saturated heterocycles. The number of aryl methyl sites for hydroxylation is 1. The third-order valence-corrected chi connectivity index (χ3v) is 5.46. The third kappa shape index (κ3) is 2.37. The van der Waals surface area contributed by atoms with Crippen LogP contribution in [0.2, 0.25) is 0 Å². The summed E-state index contributed by atoms with van der Waals surface area (Å²) in [7, 11) is -3.41. The fraction of sp³-hybridized carbons (Fsp3) is 0.538. The van der Waals surface area contributed by atoms with Gasteiger partial charge in [0.15, 0.2) is 0 Å². The molecule has 1 aromatic carbocycles. The van der Waals surface area contributed by atoms with Gasteiger partial charge in [-0.25, -0.2) is 8.42 Å². The third-order valence-electron chi connectivity index (χ3n) is 3.47. The zero-order valence-corrected chi connectivity index (χ0v) is 11.9. The molecule has 0 saturated carbocycles. The molecular weight excluding hydrogens is 248 g/mol. The second-order valence-electron chi connectivity index (χ2n) is 5.78. The molecule has 1 aliphatic rings. The van der Waals surface area contributed by atoms with Gasteiger partial charge in [0.1, 0.15) is 0 Å². The Kier molecular flexibility index (Phi) is 3.15. The van der Waals surface area contributed by atoms with Crippen molar-refractivity contribution in [2.24, 2.45) is 5.41 Å². The van der Waals surface area contributed by atoms with E-state index >= 15 is 0 Å². The second-order valence-corrected chi connectivity index (χ2v) is 7.68. The van der Waals surface area contributed by atoms with Gasteiger partial charge >= 0.3 is 0 Å². The molecule has 2 N–H and O–H groups in total. The van der Waals surface area contributed by atoms with Crippen LogP contribution in [-0.4, -0.2) is 25.8 Å². The molecule has 100 valence electrons. The van der Waals surface area contributed by atoms with Crippen LogP contribution in [0.1, 0.15) is 25.8 Å². The van der Waals surface area contributed by atoms with E-state index in [9.17, 15) is 8.42 Å². The van der Waals surface area contributed by atoms with Gasteiger partial charge in [-0.3, -0.25) is 0 Å². The van der Waals surface area contributed by atoms with Crippen LogP contribution in [0, 0.1) is 12.3 Å². The maximum atomic E-state index is 12.6. The Morgan fingerprint density at radius 1 is 1.33 bits per heavy atom. The summed E-state index contributed by atoms with van der Waals surface area (Å²) in [5.41, 5.74) is 6.98. The quantitative estimate of drug-likeness (QED) is 0.834. The average Bonchev–Trinajstić information content (AvgIpc) is 2.63. The van der Waals surface area contributed by atoms with Crippen molar-refractivity contribution in [3.8, 4) is 0 Å². The lowest BCUT2D eigenvalue weighted by atomic mass is 9.93. The fourth-order valence-corrected chi connectivity index (χ4v) is 4.19. The number of nitrogens with two attached hydrogens (primary N) is 1. The molecule has 4 nitrogen and oxygen atoms in total. The highest BCUT2D eigenvalue weighted by Gasteiger charge is 2.37.